The molecule has 3 atom stereocenters. The van der Waals surface area contributed by atoms with Crippen LogP contribution < -0.4 is 14.7 Å². The lowest BCUT2D eigenvalue weighted by molar-refractivity contribution is -0.306. The third kappa shape index (κ3) is 2.20. The van der Waals surface area contributed by atoms with Crippen LogP contribution in [0.15, 0.2) is 28.0 Å². The smallest absolute Gasteiger partial charge is 0.316 e. The van der Waals surface area contributed by atoms with Crippen LogP contribution in [0.1, 0.15) is 16.4 Å². The predicted octanol–water partition coefficient (Wildman–Crippen LogP) is 0.981. The van der Waals surface area contributed by atoms with E-state index in [9.17, 15) is 19.5 Å². The summed E-state index contributed by atoms with van der Waals surface area (Å²) in [6.45, 7) is 0. The first-order chi connectivity index (χ1) is 11.0. The number of hydrogen-bond donors (Lipinski definition) is 1. The van der Waals surface area contributed by atoms with Crippen LogP contribution in [0.5, 0.6) is 5.75 Å². The van der Waals surface area contributed by atoms with Gasteiger partial charge in [-0.1, -0.05) is 34.7 Å². The van der Waals surface area contributed by atoms with Crippen molar-refractivity contribution < 1.29 is 19.4 Å². The van der Waals surface area contributed by atoms with Crippen molar-refractivity contribution in [1.29, 1.82) is 0 Å². The Hall–Kier alpha value is -1.77. The number of hydrogen-bond acceptors (Lipinski definition) is 7. The van der Waals surface area contributed by atoms with Crippen LogP contribution in [0.3, 0.4) is 0 Å². The number of H-pyrrole nitrogens is 1. The van der Waals surface area contributed by atoms with E-state index < -0.39 is 29.0 Å². The predicted molar refractivity (Wildman–Crippen MR) is 82.0 cm³/mol. The van der Waals surface area contributed by atoms with E-state index in [1.165, 1.54) is 0 Å². The van der Waals surface area contributed by atoms with E-state index in [0.717, 1.165) is 23.1 Å². The summed E-state index contributed by atoms with van der Waals surface area (Å²) in [5.74, 6) is -3.23. The molecule has 2 aliphatic rings. The molecular weight excluding hydrogens is 362 g/mol. The normalized spacial score (nSPS) is 25.1. The number of benzene rings is 1. The van der Waals surface area contributed by atoms with Gasteiger partial charge in [0, 0.05) is 21.4 Å². The number of halogens is 1. The Morgan fingerprint density at radius 2 is 2.13 bits per heavy atom. The maximum atomic E-state index is 12.4. The molecule has 3 heterocycles. The fourth-order valence-corrected chi connectivity index (χ4v) is 5.55. The van der Waals surface area contributed by atoms with E-state index >= 15 is 0 Å². The lowest BCUT2D eigenvalue weighted by Crippen LogP contribution is -2.48. The Morgan fingerprint density at radius 1 is 1.35 bits per heavy atom. The number of carboxylic acids is 1. The number of aliphatic carboxylic acids is 1. The minimum atomic E-state index is -1.37. The van der Waals surface area contributed by atoms with Crippen LogP contribution in [0.25, 0.3) is 0 Å². The zero-order valence-corrected chi connectivity index (χ0v) is 13.6. The standard InChI is InChI=1S/C14H8ClNO5S2/c15-4-1-2-6-5(3-4)7-8(13(19)21-6)10(12(17)18)22-11-9(7)23-14(20)16-11/h1-3,7-8,10H,(H,16,20)(H,17,18)/p-1/t7-,8+,10+/m1/s1. The van der Waals surface area contributed by atoms with Gasteiger partial charge in [-0.05, 0) is 18.2 Å². The minimum absolute atomic E-state index is 0.303. The highest BCUT2D eigenvalue weighted by Crippen LogP contribution is 2.53. The first-order valence-electron chi connectivity index (χ1n) is 6.57. The summed E-state index contributed by atoms with van der Waals surface area (Å²) in [7, 11) is 0. The van der Waals surface area contributed by atoms with Crippen molar-refractivity contribution in [1.82, 2.24) is 4.98 Å². The topological polar surface area (TPSA) is 99.3 Å². The molecule has 118 valence electrons. The maximum Gasteiger partial charge on any atom is 0.316 e. The van der Waals surface area contributed by atoms with Gasteiger partial charge in [-0.3, -0.25) is 9.59 Å². The van der Waals surface area contributed by atoms with Crippen LogP contribution >= 0.6 is 34.7 Å². The third-order valence-electron chi connectivity index (χ3n) is 3.88. The number of aromatic amines is 1. The molecule has 0 spiro atoms. The molecular formula is C14H7ClNO5S2-. The lowest BCUT2D eigenvalue weighted by Gasteiger charge is -2.39. The summed E-state index contributed by atoms with van der Waals surface area (Å²) in [4.78, 5) is 38.5. The molecule has 0 saturated carbocycles. The molecule has 4 rings (SSSR count). The molecule has 0 amide bonds. The number of esters is 1. The molecule has 9 heteroatoms. The molecule has 0 bridgehead atoms. The lowest BCUT2D eigenvalue weighted by atomic mass is 9.80. The van der Waals surface area contributed by atoms with Crippen LogP contribution in [-0.2, 0) is 9.59 Å². The first-order valence-corrected chi connectivity index (χ1v) is 8.65. The van der Waals surface area contributed by atoms with Gasteiger partial charge in [-0.15, -0.1) is 0 Å². The Kier molecular flexibility index (Phi) is 3.29. The van der Waals surface area contributed by atoms with E-state index in [0.29, 0.717) is 26.2 Å². The number of carbonyl (C=O) groups is 2. The van der Waals surface area contributed by atoms with Crippen molar-refractivity contribution in [2.45, 2.75) is 16.2 Å². The summed E-state index contributed by atoms with van der Waals surface area (Å²) in [5.41, 5.74) is 0.602. The maximum absolute atomic E-state index is 12.4. The number of aromatic nitrogens is 1. The van der Waals surface area contributed by atoms with Gasteiger partial charge in [0.1, 0.15) is 5.75 Å². The summed E-state index contributed by atoms with van der Waals surface area (Å²) in [5, 5.41) is 11.2. The second-order valence-corrected chi connectivity index (χ2v) is 7.78. The van der Waals surface area contributed by atoms with Crippen molar-refractivity contribution in [3.05, 3.63) is 43.3 Å². The molecule has 2 aliphatic heterocycles. The van der Waals surface area contributed by atoms with Crippen molar-refractivity contribution in [3.63, 3.8) is 0 Å². The summed E-state index contributed by atoms with van der Waals surface area (Å²) >= 11 is 7.91. The van der Waals surface area contributed by atoms with Crippen LogP contribution in [0.2, 0.25) is 5.02 Å². The van der Waals surface area contributed by atoms with Gasteiger partial charge in [0.2, 0.25) is 0 Å². The number of rotatable bonds is 1. The van der Waals surface area contributed by atoms with Gasteiger partial charge in [0.05, 0.1) is 22.2 Å². The van der Waals surface area contributed by atoms with Gasteiger partial charge in [-0.2, -0.15) is 0 Å². The number of thioether (sulfide) groups is 1. The van der Waals surface area contributed by atoms with Crippen LogP contribution in [0, 0.1) is 5.92 Å². The third-order valence-corrected chi connectivity index (χ3v) is 6.50. The number of carbonyl (C=O) groups excluding carboxylic acids is 2. The molecule has 23 heavy (non-hydrogen) atoms. The quantitative estimate of drug-likeness (QED) is 0.595. The summed E-state index contributed by atoms with van der Waals surface area (Å²) in [6.07, 6.45) is 0. The summed E-state index contributed by atoms with van der Waals surface area (Å²) < 4.78 is 5.27. The molecule has 1 aromatic heterocycles. The Morgan fingerprint density at radius 3 is 2.87 bits per heavy atom. The van der Waals surface area contributed by atoms with Crippen molar-refractivity contribution in [2.24, 2.45) is 5.92 Å². The summed E-state index contributed by atoms with van der Waals surface area (Å²) in [6, 6.07) is 4.79. The SMILES string of the molecule is O=C1Oc2ccc(Cl)cc2[C@H]2c3sc(=O)[nH]c3S[C@H](C(=O)[O-])[C@@H]12. The number of thiazole rings is 1. The highest BCUT2D eigenvalue weighted by molar-refractivity contribution is 8.00. The molecule has 0 radical (unpaired) electrons. The highest BCUT2D eigenvalue weighted by atomic mass is 35.5. The molecule has 0 fully saturated rings. The Balaban J connectivity index is 2.00. The van der Waals surface area contributed by atoms with Crippen molar-refractivity contribution in [2.75, 3.05) is 0 Å². The largest absolute Gasteiger partial charge is 0.549 e. The number of carboxylic acid groups (broad SMARTS) is 1. The molecule has 0 unspecified atom stereocenters. The number of nitrogens with one attached hydrogen (secondary N) is 1. The van der Waals surface area contributed by atoms with Crippen LogP contribution in [0.4, 0.5) is 0 Å². The second kappa shape index (κ2) is 5.12. The van der Waals surface area contributed by atoms with Gasteiger partial charge in [0.15, 0.2) is 0 Å². The van der Waals surface area contributed by atoms with E-state index in [1.54, 1.807) is 18.2 Å². The molecule has 0 aliphatic carbocycles. The average molecular weight is 369 g/mol. The van der Waals surface area contributed by atoms with Gasteiger partial charge >= 0.3 is 10.8 Å². The van der Waals surface area contributed by atoms with Crippen molar-refractivity contribution >= 4 is 46.6 Å². The monoisotopic (exact) mass is 368 g/mol. The fourth-order valence-electron chi connectivity index (χ4n) is 2.98. The molecule has 6 nitrogen and oxygen atoms in total. The van der Waals surface area contributed by atoms with Gasteiger partial charge in [0.25, 0.3) is 0 Å². The first kappa shape index (κ1) is 14.8. The van der Waals surface area contributed by atoms with E-state index in [1.807, 2.05) is 0 Å². The number of ether oxygens (including phenoxy) is 1. The van der Waals surface area contributed by atoms with Crippen molar-refractivity contribution in [3.8, 4) is 5.75 Å². The Bertz CT molecular complexity index is 905. The molecule has 1 aromatic carbocycles. The average Bonchev–Trinajstić information content (AvgIpc) is 2.86. The van der Waals surface area contributed by atoms with E-state index in [2.05, 4.69) is 4.98 Å². The second-order valence-electron chi connectivity index (χ2n) is 5.17. The zero-order valence-electron chi connectivity index (χ0n) is 11.2. The van der Waals surface area contributed by atoms with E-state index in [-0.39, 0.29) is 4.87 Å². The fraction of sp³-hybridized carbons (Fsp3) is 0.214. The highest BCUT2D eigenvalue weighted by Gasteiger charge is 2.49. The Labute approximate surface area is 142 Å². The van der Waals surface area contributed by atoms with Crippen LogP contribution in [-0.4, -0.2) is 22.2 Å². The minimum Gasteiger partial charge on any atom is -0.549 e. The molecule has 1 N–H and O–H groups in total. The molecule has 2 aromatic rings. The van der Waals surface area contributed by atoms with Gasteiger partial charge < -0.3 is 19.6 Å². The molecule has 0 saturated heterocycles. The van der Waals surface area contributed by atoms with E-state index in [4.69, 9.17) is 16.3 Å². The number of fused-ring (bicyclic) bond motifs is 5. The zero-order chi connectivity index (χ0) is 16.3. The van der Waals surface area contributed by atoms with Gasteiger partial charge in [-0.25, -0.2) is 0 Å².